The lowest BCUT2D eigenvalue weighted by atomic mass is 10.2. The van der Waals surface area contributed by atoms with Crippen molar-refractivity contribution in [2.75, 3.05) is 18.8 Å². The van der Waals surface area contributed by atoms with Gasteiger partial charge in [-0.25, -0.2) is 12.8 Å². The molecular weight excluding hydrogens is 295 g/mol. The van der Waals surface area contributed by atoms with E-state index in [1.807, 2.05) is 0 Å². The van der Waals surface area contributed by atoms with Gasteiger partial charge >= 0.3 is 0 Å². The van der Waals surface area contributed by atoms with E-state index < -0.39 is 21.6 Å². The summed E-state index contributed by atoms with van der Waals surface area (Å²) in [6.07, 6.45) is 0.739. The van der Waals surface area contributed by atoms with E-state index in [1.165, 1.54) is 12.1 Å². The van der Waals surface area contributed by atoms with Crippen LogP contribution in [0.2, 0.25) is 0 Å². The normalized spacial score (nSPS) is 20.5. The van der Waals surface area contributed by atoms with Gasteiger partial charge in [-0.2, -0.15) is 0 Å². The first-order chi connectivity index (χ1) is 9.79. The summed E-state index contributed by atoms with van der Waals surface area (Å²) in [4.78, 5) is 13.8. The molecule has 7 heteroatoms. The van der Waals surface area contributed by atoms with Crippen LogP contribution in [0.5, 0.6) is 0 Å². The predicted molar refractivity (Wildman–Crippen MR) is 76.8 cm³/mol. The summed E-state index contributed by atoms with van der Waals surface area (Å²) in [5.41, 5.74) is 5.75. The zero-order valence-electron chi connectivity index (χ0n) is 11.8. The zero-order valence-corrected chi connectivity index (χ0v) is 12.6. The average Bonchev–Trinajstić information content (AvgIpc) is 2.84. The highest BCUT2D eigenvalue weighted by molar-refractivity contribution is 7.91. The molecule has 0 radical (unpaired) electrons. The predicted octanol–water partition coefficient (Wildman–Crippen LogP) is 0.795. The molecular formula is C14H19FN2O3S. The van der Waals surface area contributed by atoms with Crippen molar-refractivity contribution in [1.29, 1.82) is 0 Å². The molecule has 2 atom stereocenters. The van der Waals surface area contributed by atoms with E-state index in [0.717, 1.165) is 18.6 Å². The van der Waals surface area contributed by atoms with Gasteiger partial charge in [0.1, 0.15) is 5.82 Å². The van der Waals surface area contributed by atoms with Gasteiger partial charge in [0.15, 0.2) is 9.84 Å². The van der Waals surface area contributed by atoms with Gasteiger partial charge < -0.3 is 10.6 Å². The van der Waals surface area contributed by atoms with Crippen LogP contribution in [0, 0.1) is 11.7 Å². The third kappa shape index (κ3) is 3.79. The first-order valence-electron chi connectivity index (χ1n) is 6.82. The van der Waals surface area contributed by atoms with Crippen molar-refractivity contribution in [3.63, 3.8) is 0 Å². The Hall–Kier alpha value is -1.47. The van der Waals surface area contributed by atoms with Crippen LogP contribution in [-0.4, -0.2) is 44.1 Å². The Kier molecular flexibility index (Phi) is 4.63. The number of nitrogens with two attached hydrogens (primary N) is 1. The molecule has 0 saturated carbocycles. The second-order valence-corrected chi connectivity index (χ2v) is 7.50. The number of likely N-dealkylation sites (tertiary alicyclic amines) is 1. The van der Waals surface area contributed by atoms with Crippen LogP contribution >= 0.6 is 0 Å². The van der Waals surface area contributed by atoms with Crippen LogP contribution < -0.4 is 5.73 Å². The van der Waals surface area contributed by atoms with E-state index in [-0.39, 0.29) is 22.6 Å². The summed E-state index contributed by atoms with van der Waals surface area (Å²) in [6, 6.07) is 4.59. The van der Waals surface area contributed by atoms with Crippen LogP contribution in [0.1, 0.15) is 13.3 Å². The summed E-state index contributed by atoms with van der Waals surface area (Å²) in [5.74, 6) is -1.63. The highest BCUT2D eigenvalue weighted by Crippen LogP contribution is 2.18. The van der Waals surface area contributed by atoms with Crippen LogP contribution in [0.25, 0.3) is 0 Å². The van der Waals surface area contributed by atoms with Crippen molar-refractivity contribution in [2.45, 2.75) is 24.3 Å². The maximum Gasteiger partial charge on any atom is 0.226 e. The fourth-order valence-electron chi connectivity index (χ4n) is 2.44. The van der Waals surface area contributed by atoms with Crippen molar-refractivity contribution >= 4 is 15.7 Å². The number of benzene rings is 1. The number of carbonyl (C=O) groups excluding carboxylic acids is 1. The van der Waals surface area contributed by atoms with Gasteiger partial charge in [-0.1, -0.05) is 6.92 Å². The molecule has 0 aromatic heterocycles. The van der Waals surface area contributed by atoms with Gasteiger partial charge in [0.2, 0.25) is 5.91 Å². The van der Waals surface area contributed by atoms with E-state index in [4.69, 9.17) is 5.73 Å². The number of hydrogen-bond donors (Lipinski definition) is 1. The Morgan fingerprint density at radius 1 is 1.43 bits per heavy atom. The van der Waals surface area contributed by atoms with E-state index in [0.29, 0.717) is 13.1 Å². The summed E-state index contributed by atoms with van der Waals surface area (Å²) >= 11 is 0. The Morgan fingerprint density at radius 3 is 2.57 bits per heavy atom. The maximum absolute atomic E-state index is 12.8. The van der Waals surface area contributed by atoms with Gasteiger partial charge in [0.05, 0.1) is 10.6 Å². The molecule has 2 N–H and O–H groups in total. The van der Waals surface area contributed by atoms with Gasteiger partial charge in [0, 0.05) is 25.0 Å². The molecule has 0 aliphatic carbocycles. The Labute approximate surface area is 123 Å². The molecule has 116 valence electrons. The number of nitrogens with zero attached hydrogens (tertiary/aromatic N) is 1. The second-order valence-electron chi connectivity index (χ2n) is 5.47. The van der Waals surface area contributed by atoms with Crippen LogP contribution in [0.15, 0.2) is 29.2 Å². The maximum atomic E-state index is 12.8. The van der Waals surface area contributed by atoms with Crippen molar-refractivity contribution in [1.82, 2.24) is 4.90 Å². The lowest BCUT2D eigenvalue weighted by Crippen LogP contribution is -2.37. The molecule has 1 heterocycles. The van der Waals surface area contributed by atoms with E-state index >= 15 is 0 Å². The number of carbonyl (C=O) groups is 1. The number of rotatable bonds is 4. The average molecular weight is 314 g/mol. The van der Waals surface area contributed by atoms with Crippen LogP contribution in [0.3, 0.4) is 0 Å². The fraction of sp³-hybridized carbons (Fsp3) is 0.500. The van der Waals surface area contributed by atoms with Crippen LogP contribution in [-0.2, 0) is 14.6 Å². The quantitative estimate of drug-likeness (QED) is 0.834. The summed E-state index contributed by atoms with van der Waals surface area (Å²) in [6.45, 7) is 2.63. The summed E-state index contributed by atoms with van der Waals surface area (Å²) in [5, 5.41) is 0. The molecule has 5 nitrogen and oxygen atoms in total. The standard InChI is InChI=1S/C14H19FN2O3S/c1-10(14(18)17-7-6-12(16)8-17)9-21(19,20)13-4-2-11(15)3-5-13/h2-5,10,12H,6-9,16H2,1H3/t10-,12-/m1/s1. The number of halogens is 1. The smallest absolute Gasteiger partial charge is 0.226 e. The van der Waals surface area contributed by atoms with E-state index in [2.05, 4.69) is 0 Å². The van der Waals surface area contributed by atoms with Gasteiger partial charge in [-0.3, -0.25) is 4.79 Å². The monoisotopic (exact) mass is 314 g/mol. The Morgan fingerprint density at radius 2 is 2.05 bits per heavy atom. The van der Waals surface area contributed by atoms with Gasteiger partial charge in [-0.15, -0.1) is 0 Å². The molecule has 0 spiro atoms. The molecule has 1 aliphatic heterocycles. The highest BCUT2D eigenvalue weighted by atomic mass is 32.2. The molecule has 21 heavy (non-hydrogen) atoms. The topological polar surface area (TPSA) is 80.5 Å². The molecule has 1 saturated heterocycles. The molecule has 0 bridgehead atoms. The largest absolute Gasteiger partial charge is 0.341 e. The highest BCUT2D eigenvalue weighted by Gasteiger charge is 2.30. The van der Waals surface area contributed by atoms with Crippen molar-refractivity contribution in [2.24, 2.45) is 11.7 Å². The minimum Gasteiger partial charge on any atom is -0.341 e. The van der Waals surface area contributed by atoms with E-state index in [9.17, 15) is 17.6 Å². The minimum absolute atomic E-state index is 0.0293. The van der Waals surface area contributed by atoms with E-state index in [1.54, 1.807) is 11.8 Å². The SMILES string of the molecule is C[C@H](CS(=O)(=O)c1ccc(F)cc1)C(=O)N1CC[C@@H](N)C1. The first kappa shape index (κ1) is 15.9. The molecule has 1 aromatic rings. The molecule has 2 rings (SSSR count). The van der Waals surface area contributed by atoms with Crippen molar-refractivity contribution < 1.29 is 17.6 Å². The van der Waals surface area contributed by atoms with Gasteiger partial charge in [0.25, 0.3) is 0 Å². The molecule has 1 amide bonds. The minimum atomic E-state index is -3.61. The lowest BCUT2D eigenvalue weighted by molar-refractivity contribution is -0.133. The number of sulfone groups is 1. The summed E-state index contributed by atoms with van der Waals surface area (Å²) in [7, 11) is -3.61. The van der Waals surface area contributed by atoms with Crippen molar-refractivity contribution in [3.8, 4) is 0 Å². The van der Waals surface area contributed by atoms with Crippen molar-refractivity contribution in [3.05, 3.63) is 30.1 Å². The Bertz CT molecular complexity index is 616. The summed E-state index contributed by atoms with van der Waals surface area (Å²) < 4.78 is 37.3. The lowest BCUT2D eigenvalue weighted by Gasteiger charge is -2.20. The third-order valence-corrected chi connectivity index (χ3v) is 5.53. The fourth-order valence-corrected chi connectivity index (χ4v) is 3.98. The number of hydrogen-bond acceptors (Lipinski definition) is 4. The molecule has 1 aliphatic rings. The Balaban J connectivity index is 2.05. The number of amides is 1. The first-order valence-corrected chi connectivity index (χ1v) is 8.47. The second kappa shape index (κ2) is 6.11. The molecule has 1 aromatic carbocycles. The van der Waals surface area contributed by atoms with Crippen LogP contribution in [0.4, 0.5) is 4.39 Å². The van der Waals surface area contributed by atoms with Gasteiger partial charge in [-0.05, 0) is 30.7 Å². The molecule has 0 unspecified atom stereocenters. The zero-order chi connectivity index (χ0) is 15.6. The molecule has 1 fully saturated rings. The third-order valence-electron chi connectivity index (χ3n) is 3.60.